The third kappa shape index (κ3) is 5.35. The molecule has 0 N–H and O–H groups in total. The summed E-state index contributed by atoms with van der Waals surface area (Å²) in [5.74, 6) is 0.928. The van der Waals surface area contributed by atoms with Crippen LogP contribution in [-0.2, 0) is 11.4 Å². The van der Waals surface area contributed by atoms with E-state index in [0.717, 1.165) is 22.4 Å². The molecule has 0 radical (unpaired) electrons. The first-order valence-corrected chi connectivity index (χ1v) is 8.42. The fourth-order valence-corrected chi connectivity index (χ4v) is 2.41. The lowest BCUT2D eigenvalue weighted by Crippen LogP contribution is -2.03. The predicted octanol–water partition coefficient (Wildman–Crippen LogP) is 5.19. The quantitative estimate of drug-likeness (QED) is 0.350. The summed E-state index contributed by atoms with van der Waals surface area (Å²) in [5, 5.41) is 0. The number of esters is 1. The average Bonchev–Trinajstić information content (AvgIpc) is 2.66. The van der Waals surface area contributed by atoms with Crippen LogP contribution in [0.5, 0.6) is 11.5 Å². The van der Waals surface area contributed by atoms with Crippen LogP contribution in [-0.4, -0.2) is 5.97 Å². The zero-order valence-corrected chi connectivity index (χ0v) is 14.6. The van der Waals surface area contributed by atoms with Crippen molar-refractivity contribution in [2.75, 3.05) is 0 Å². The molecule has 0 unspecified atom stereocenters. The number of hydrogen-bond acceptors (Lipinski definition) is 3. The molecule has 3 nitrogen and oxygen atoms in total. The molecule has 0 bridgehead atoms. The summed E-state index contributed by atoms with van der Waals surface area (Å²) in [6, 6.07) is 25.0. The van der Waals surface area contributed by atoms with Gasteiger partial charge in [0.2, 0.25) is 0 Å². The first-order valence-electron chi connectivity index (χ1n) is 8.42. The summed E-state index contributed by atoms with van der Waals surface area (Å²) in [6.07, 6.45) is 3.14. The lowest BCUT2D eigenvalue weighted by Gasteiger charge is -2.06. The van der Waals surface area contributed by atoms with E-state index in [2.05, 4.69) is 0 Å². The van der Waals surface area contributed by atoms with Crippen molar-refractivity contribution in [3.8, 4) is 11.5 Å². The summed E-state index contributed by atoms with van der Waals surface area (Å²) in [5.41, 5.74) is 3.07. The van der Waals surface area contributed by atoms with Crippen LogP contribution in [0.25, 0.3) is 6.08 Å². The zero-order chi connectivity index (χ0) is 18.2. The van der Waals surface area contributed by atoms with E-state index in [-0.39, 0.29) is 0 Å². The van der Waals surface area contributed by atoms with Gasteiger partial charge in [-0.25, -0.2) is 4.79 Å². The average molecular weight is 344 g/mol. The van der Waals surface area contributed by atoms with Crippen molar-refractivity contribution >= 4 is 12.0 Å². The van der Waals surface area contributed by atoms with Crippen LogP contribution in [0.4, 0.5) is 0 Å². The lowest BCUT2D eigenvalue weighted by molar-refractivity contribution is -0.128. The van der Waals surface area contributed by atoms with Crippen LogP contribution >= 0.6 is 0 Å². The number of aryl methyl sites for hydroxylation is 1. The van der Waals surface area contributed by atoms with Gasteiger partial charge in [0.1, 0.15) is 18.1 Å². The van der Waals surface area contributed by atoms with Gasteiger partial charge in [0.15, 0.2) is 0 Å². The number of carbonyl (C=O) groups excluding carboxylic acids is 1. The van der Waals surface area contributed by atoms with E-state index >= 15 is 0 Å². The molecule has 3 rings (SSSR count). The van der Waals surface area contributed by atoms with Gasteiger partial charge in [0.05, 0.1) is 0 Å². The molecule has 0 amide bonds. The molecule has 0 aliphatic carbocycles. The van der Waals surface area contributed by atoms with Gasteiger partial charge < -0.3 is 9.47 Å². The van der Waals surface area contributed by atoms with Gasteiger partial charge in [-0.3, -0.25) is 0 Å². The Morgan fingerprint density at radius 2 is 1.65 bits per heavy atom. The summed E-state index contributed by atoms with van der Waals surface area (Å²) < 4.78 is 11.0. The van der Waals surface area contributed by atoms with Crippen LogP contribution in [0, 0.1) is 6.92 Å². The Morgan fingerprint density at radius 1 is 0.885 bits per heavy atom. The Balaban J connectivity index is 1.53. The van der Waals surface area contributed by atoms with E-state index < -0.39 is 5.97 Å². The topological polar surface area (TPSA) is 35.5 Å². The van der Waals surface area contributed by atoms with Crippen LogP contribution < -0.4 is 9.47 Å². The monoisotopic (exact) mass is 344 g/mol. The molecule has 130 valence electrons. The predicted molar refractivity (Wildman–Crippen MR) is 103 cm³/mol. The highest BCUT2D eigenvalue weighted by Gasteiger charge is 2.01. The Bertz CT molecular complexity index is 881. The Hall–Kier alpha value is -3.33. The number of ether oxygens (including phenoxy) is 2. The van der Waals surface area contributed by atoms with Gasteiger partial charge in [-0.1, -0.05) is 54.6 Å². The molecular formula is C23H20O3. The molecule has 0 aliphatic heterocycles. The van der Waals surface area contributed by atoms with Crippen molar-refractivity contribution in [3.05, 3.63) is 102 Å². The molecule has 0 atom stereocenters. The van der Waals surface area contributed by atoms with Crippen LogP contribution in [0.1, 0.15) is 16.7 Å². The Labute approximate surface area is 153 Å². The molecule has 3 aromatic rings. The van der Waals surface area contributed by atoms with E-state index in [9.17, 15) is 4.79 Å². The Kier molecular flexibility index (Phi) is 5.84. The standard InChI is InChI=1S/C23H20O3/c1-18-6-5-9-22(16-18)26-23(24)15-12-19-10-13-21(14-11-19)25-17-20-7-3-2-4-8-20/h2-16H,17H2,1H3/b15-12+. The Morgan fingerprint density at radius 3 is 2.38 bits per heavy atom. The molecule has 0 aromatic heterocycles. The summed E-state index contributed by atoms with van der Waals surface area (Å²) in [7, 11) is 0. The van der Waals surface area contributed by atoms with Crippen molar-refractivity contribution in [2.45, 2.75) is 13.5 Å². The van der Waals surface area contributed by atoms with E-state index in [4.69, 9.17) is 9.47 Å². The smallest absolute Gasteiger partial charge is 0.336 e. The fourth-order valence-electron chi connectivity index (χ4n) is 2.41. The van der Waals surface area contributed by atoms with Crippen molar-refractivity contribution in [3.63, 3.8) is 0 Å². The van der Waals surface area contributed by atoms with E-state index in [1.54, 1.807) is 12.1 Å². The van der Waals surface area contributed by atoms with Gasteiger partial charge in [0.25, 0.3) is 0 Å². The first-order chi connectivity index (χ1) is 12.7. The molecule has 3 aromatic carbocycles. The molecule has 0 spiro atoms. The minimum absolute atomic E-state index is 0.403. The minimum atomic E-state index is -0.403. The maximum absolute atomic E-state index is 11.9. The molecule has 0 saturated heterocycles. The molecular weight excluding hydrogens is 324 g/mol. The molecule has 0 fully saturated rings. The summed E-state index contributed by atoms with van der Waals surface area (Å²) in [4.78, 5) is 11.9. The van der Waals surface area contributed by atoms with Gasteiger partial charge in [-0.05, 0) is 54.0 Å². The highest BCUT2D eigenvalue weighted by molar-refractivity contribution is 5.88. The zero-order valence-electron chi connectivity index (χ0n) is 14.6. The maximum atomic E-state index is 11.9. The molecule has 26 heavy (non-hydrogen) atoms. The van der Waals surface area contributed by atoms with Gasteiger partial charge in [-0.2, -0.15) is 0 Å². The number of rotatable bonds is 6. The number of carbonyl (C=O) groups is 1. The molecule has 3 heteroatoms. The highest BCUT2D eigenvalue weighted by Crippen LogP contribution is 2.16. The maximum Gasteiger partial charge on any atom is 0.336 e. The SMILES string of the molecule is Cc1cccc(OC(=O)/C=C/c2ccc(OCc3ccccc3)cc2)c1. The third-order valence-electron chi connectivity index (χ3n) is 3.75. The van der Waals surface area contributed by atoms with Crippen LogP contribution in [0.2, 0.25) is 0 Å². The summed E-state index contributed by atoms with van der Waals surface area (Å²) in [6.45, 7) is 2.48. The van der Waals surface area contributed by atoms with Gasteiger partial charge in [-0.15, -0.1) is 0 Å². The fraction of sp³-hybridized carbons (Fsp3) is 0.0870. The number of benzene rings is 3. The molecule has 0 aliphatic rings. The second kappa shape index (κ2) is 8.67. The molecule has 0 saturated carbocycles. The molecule has 0 heterocycles. The van der Waals surface area contributed by atoms with E-state index in [0.29, 0.717) is 12.4 Å². The van der Waals surface area contributed by atoms with Gasteiger partial charge in [0, 0.05) is 6.08 Å². The highest BCUT2D eigenvalue weighted by atomic mass is 16.5. The van der Waals surface area contributed by atoms with Crippen LogP contribution in [0.15, 0.2) is 84.9 Å². The first kappa shape index (κ1) is 17.5. The largest absolute Gasteiger partial charge is 0.489 e. The minimum Gasteiger partial charge on any atom is -0.489 e. The normalized spacial score (nSPS) is 10.7. The lowest BCUT2D eigenvalue weighted by atomic mass is 10.2. The number of hydrogen-bond donors (Lipinski definition) is 0. The van der Waals surface area contributed by atoms with E-state index in [1.165, 1.54) is 6.08 Å². The second-order valence-corrected chi connectivity index (χ2v) is 5.91. The van der Waals surface area contributed by atoms with Crippen molar-refractivity contribution in [1.29, 1.82) is 0 Å². The van der Waals surface area contributed by atoms with Gasteiger partial charge >= 0.3 is 5.97 Å². The van der Waals surface area contributed by atoms with Crippen molar-refractivity contribution < 1.29 is 14.3 Å². The second-order valence-electron chi connectivity index (χ2n) is 5.91. The summed E-state index contributed by atoms with van der Waals surface area (Å²) >= 11 is 0. The van der Waals surface area contributed by atoms with Crippen LogP contribution in [0.3, 0.4) is 0 Å². The van der Waals surface area contributed by atoms with E-state index in [1.807, 2.05) is 79.7 Å². The third-order valence-corrected chi connectivity index (χ3v) is 3.75. The van der Waals surface area contributed by atoms with Crippen molar-refractivity contribution in [2.24, 2.45) is 0 Å². The van der Waals surface area contributed by atoms with Crippen molar-refractivity contribution in [1.82, 2.24) is 0 Å².